The van der Waals surface area contributed by atoms with Crippen LogP contribution in [0.5, 0.6) is 0 Å². The number of nitrogens with two attached hydrogens (primary N) is 1. The fourth-order valence-electron chi connectivity index (χ4n) is 2.35. The Kier molecular flexibility index (Phi) is 8.92. The van der Waals surface area contributed by atoms with Crippen LogP contribution in [0.4, 0.5) is 5.69 Å². The highest BCUT2D eigenvalue weighted by Gasteiger charge is 2.18. The zero-order chi connectivity index (χ0) is 19.2. The third kappa shape index (κ3) is 6.95. The van der Waals surface area contributed by atoms with Crippen molar-refractivity contribution in [2.24, 2.45) is 5.73 Å². The van der Waals surface area contributed by atoms with Gasteiger partial charge in [0.2, 0.25) is 15.9 Å². The molecule has 0 aliphatic carbocycles. The summed E-state index contributed by atoms with van der Waals surface area (Å²) in [5.41, 5.74) is 7.32. The van der Waals surface area contributed by atoms with Crippen LogP contribution in [0, 0.1) is 0 Å². The minimum atomic E-state index is -3.63. The van der Waals surface area contributed by atoms with Gasteiger partial charge in [0, 0.05) is 11.7 Å². The summed E-state index contributed by atoms with van der Waals surface area (Å²) in [4.78, 5) is 12.4. The Morgan fingerprint density at radius 2 is 1.78 bits per heavy atom. The van der Waals surface area contributed by atoms with E-state index in [0.717, 1.165) is 5.56 Å². The Bertz CT molecular complexity index is 844. The third-order valence-corrected chi connectivity index (χ3v) is 5.60. The van der Waals surface area contributed by atoms with Crippen molar-refractivity contribution in [1.29, 1.82) is 0 Å². The van der Waals surface area contributed by atoms with Crippen LogP contribution in [0.2, 0.25) is 0 Å². The highest BCUT2D eigenvalue weighted by molar-refractivity contribution is 7.89. The van der Waals surface area contributed by atoms with E-state index in [-0.39, 0.29) is 29.3 Å². The summed E-state index contributed by atoms with van der Waals surface area (Å²) in [6, 6.07) is 14.7. The summed E-state index contributed by atoms with van der Waals surface area (Å²) in [5, 5.41) is 2.69. The molecule has 0 aliphatic rings. The predicted octanol–water partition coefficient (Wildman–Crippen LogP) is 2.69. The zero-order valence-corrected chi connectivity index (χ0v) is 17.0. The number of halogens is 1. The minimum Gasteiger partial charge on any atom is -0.325 e. The van der Waals surface area contributed by atoms with Crippen LogP contribution in [-0.4, -0.2) is 26.4 Å². The van der Waals surface area contributed by atoms with Gasteiger partial charge in [0.25, 0.3) is 0 Å². The Morgan fingerprint density at radius 1 is 1.11 bits per heavy atom. The van der Waals surface area contributed by atoms with Crippen LogP contribution in [0.1, 0.15) is 25.8 Å². The molecule has 0 spiro atoms. The molecule has 0 saturated carbocycles. The normalized spacial score (nSPS) is 13.3. The molecule has 0 aromatic heterocycles. The van der Waals surface area contributed by atoms with Crippen molar-refractivity contribution in [1.82, 2.24) is 4.72 Å². The van der Waals surface area contributed by atoms with E-state index in [0.29, 0.717) is 18.5 Å². The van der Waals surface area contributed by atoms with Gasteiger partial charge in [-0.15, -0.1) is 12.4 Å². The van der Waals surface area contributed by atoms with Gasteiger partial charge in [-0.1, -0.05) is 43.3 Å². The van der Waals surface area contributed by atoms with Crippen LogP contribution < -0.4 is 15.8 Å². The highest BCUT2D eigenvalue weighted by atomic mass is 35.5. The molecule has 1 unspecified atom stereocenters. The molecule has 0 bridgehead atoms. The molecule has 0 fully saturated rings. The summed E-state index contributed by atoms with van der Waals surface area (Å²) in [5.74, 6) is -0.363. The molecule has 2 atom stereocenters. The molecule has 27 heavy (non-hydrogen) atoms. The molecule has 0 saturated heterocycles. The smallest absolute Gasteiger partial charge is 0.241 e. The van der Waals surface area contributed by atoms with Crippen LogP contribution in [0.3, 0.4) is 0 Å². The van der Waals surface area contributed by atoms with Crippen molar-refractivity contribution in [3.63, 3.8) is 0 Å². The minimum absolute atomic E-state index is 0. The molecule has 2 aromatic carbocycles. The molecule has 0 heterocycles. The molecule has 0 aliphatic heterocycles. The molecule has 1 amide bonds. The standard InChI is InChI=1S/C19H25N3O3S.ClH/c1-3-14(2)22-26(24,25)17-11-7-10-16(13-17)21-19(23)18(20)12-15-8-5-4-6-9-15;/h4-11,13-14,18,22H,3,12,20H2,1-2H3,(H,21,23);1H/t14?,18-;/m0./s1. The van der Waals surface area contributed by atoms with E-state index in [4.69, 9.17) is 5.73 Å². The van der Waals surface area contributed by atoms with Crippen molar-refractivity contribution in [2.45, 2.75) is 43.7 Å². The number of carbonyl (C=O) groups is 1. The topological polar surface area (TPSA) is 101 Å². The second-order valence-corrected chi connectivity index (χ2v) is 7.96. The number of hydrogen-bond donors (Lipinski definition) is 3. The average molecular weight is 412 g/mol. The van der Waals surface area contributed by atoms with E-state index in [1.165, 1.54) is 12.1 Å². The van der Waals surface area contributed by atoms with Crippen molar-refractivity contribution in [2.75, 3.05) is 5.32 Å². The van der Waals surface area contributed by atoms with Crippen LogP contribution in [-0.2, 0) is 21.2 Å². The van der Waals surface area contributed by atoms with Crippen molar-refractivity contribution < 1.29 is 13.2 Å². The Balaban J connectivity index is 0.00000364. The zero-order valence-electron chi connectivity index (χ0n) is 15.4. The molecular formula is C19H26ClN3O3S. The van der Waals surface area contributed by atoms with Crippen LogP contribution in [0.25, 0.3) is 0 Å². The van der Waals surface area contributed by atoms with Gasteiger partial charge in [-0.25, -0.2) is 13.1 Å². The van der Waals surface area contributed by atoms with Gasteiger partial charge in [-0.3, -0.25) is 4.79 Å². The maximum absolute atomic E-state index is 12.4. The molecule has 4 N–H and O–H groups in total. The number of nitrogens with one attached hydrogen (secondary N) is 2. The van der Waals surface area contributed by atoms with Gasteiger partial charge in [0.1, 0.15) is 0 Å². The summed E-state index contributed by atoms with van der Waals surface area (Å²) in [6.07, 6.45) is 1.09. The molecule has 6 nitrogen and oxygen atoms in total. The molecule has 2 rings (SSSR count). The predicted molar refractivity (Wildman–Crippen MR) is 111 cm³/mol. The quantitative estimate of drug-likeness (QED) is 0.621. The lowest BCUT2D eigenvalue weighted by molar-refractivity contribution is -0.117. The first-order chi connectivity index (χ1) is 12.3. The van der Waals surface area contributed by atoms with E-state index in [2.05, 4.69) is 10.0 Å². The van der Waals surface area contributed by atoms with Crippen molar-refractivity contribution in [3.8, 4) is 0 Å². The molecule has 0 radical (unpaired) electrons. The van der Waals surface area contributed by atoms with Gasteiger partial charge >= 0.3 is 0 Å². The summed E-state index contributed by atoms with van der Waals surface area (Å²) in [6.45, 7) is 3.70. The Labute approximate surface area is 167 Å². The number of rotatable bonds is 8. The molecule has 8 heteroatoms. The molecule has 2 aromatic rings. The summed E-state index contributed by atoms with van der Waals surface area (Å²) >= 11 is 0. The maximum atomic E-state index is 12.4. The second-order valence-electron chi connectivity index (χ2n) is 6.24. The number of amides is 1. The number of hydrogen-bond acceptors (Lipinski definition) is 4. The third-order valence-electron chi connectivity index (χ3n) is 4.02. The van der Waals surface area contributed by atoms with Gasteiger partial charge in [-0.05, 0) is 43.5 Å². The Morgan fingerprint density at radius 3 is 2.41 bits per heavy atom. The van der Waals surface area contributed by atoms with Gasteiger partial charge < -0.3 is 11.1 Å². The first-order valence-corrected chi connectivity index (χ1v) is 10.0. The highest BCUT2D eigenvalue weighted by Crippen LogP contribution is 2.16. The lowest BCUT2D eigenvalue weighted by Crippen LogP contribution is -2.37. The van der Waals surface area contributed by atoms with Crippen molar-refractivity contribution in [3.05, 3.63) is 60.2 Å². The fourth-order valence-corrected chi connectivity index (χ4v) is 3.73. The first-order valence-electron chi connectivity index (χ1n) is 8.54. The van der Waals surface area contributed by atoms with Crippen LogP contribution in [0.15, 0.2) is 59.5 Å². The van der Waals surface area contributed by atoms with E-state index >= 15 is 0 Å². The first kappa shape index (κ1) is 23.1. The van der Waals surface area contributed by atoms with E-state index < -0.39 is 16.1 Å². The molecular weight excluding hydrogens is 386 g/mol. The average Bonchev–Trinajstić information content (AvgIpc) is 2.62. The lowest BCUT2D eigenvalue weighted by atomic mass is 10.1. The summed E-state index contributed by atoms with van der Waals surface area (Å²) < 4.78 is 27.3. The Hall–Kier alpha value is -1.93. The SMILES string of the molecule is CCC(C)NS(=O)(=O)c1cccc(NC(=O)[C@@H](N)Cc2ccccc2)c1.Cl. The second kappa shape index (κ2) is 10.4. The van der Waals surface area contributed by atoms with Gasteiger partial charge in [-0.2, -0.15) is 0 Å². The van der Waals surface area contributed by atoms with Crippen LogP contribution >= 0.6 is 12.4 Å². The lowest BCUT2D eigenvalue weighted by Gasteiger charge is -2.15. The number of sulfonamides is 1. The molecule has 148 valence electrons. The number of benzene rings is 2. The van der Waals surface area contributed by atoms with E-state index in [1.807, 2.05) is 37.3 Å². The maximum Gasteiger partial charge on any atom is 0.241 e. The fraction of sp³-hybridized carbons (Fsp3) is 0.316. The monoisotopic (exact) mass is 411 g/mol. The van der Waals surface area contributed by atoms with Crippen molar-refractivity contribution >= 4 is 34.0 Å². The summed E-state index contributed by atoms with van der Waals surface area (Å²) in [7, 11) is -3.63. The van der Waals surface area contributed by atoms with E-state index in [1.54, 1.807) is 19.1 Å². The number of carbonyl (C=O) groups excluding carboxylic acids is 1. The largest absolute Gasteiger partial charge is 0.325 e. The number of anilines is 1. The van der Waals surface area contributed by atoms with Gasteiger partial charge in [0.05, 0.1) is 10.9 Å². The van der Waals surface area contributed by atoms with Gasteiger partial charge in [0.15, 0.2) is 0 Å². The van der Waals surface area contributed by atoms with E-state index in [9.17, 15) is 13.2 Å².